The lowest BCUT2D eigenvalue weighted by Crippen LogP contribution is -2.30. The summed E-state index contributed by atoms with van der Waals surface area (Å²) in [4.78, 5) is 29.8. The first-order valence-corrected chi connectivity index (χ1v) is 11.2. The quantitative estimate of drug-likeness (QED) is 0.563. The Morgan fingerprint density at radius 1 is 0.839 bits per heavy atom. The molecule has 4 rings (SSSR count). The van der Waals surface area contributed by atoms with E-state index in [0.717, 1.165) is 36.9 Å². The molecule has 0 unspecified atom stereocenters. The van der Waals surface area contributed by atoms with Crippen LogP contribution in [-0.2, 0) is 13.1 Å². The minimum absolute atomic E-state index is 0.157. The predicted molar refractivity (Wildman–Crippen MR) is 123 cm³/mol. The number of benzene rings is 2. The first kappa shape index (κ1) is 22.7. The molecule has 2 aromatic carbocycles. The van der Waals surface area contributed by atoms with Crippen LogP contribution in [0.1, 0.15) is 79.3 Å². The van der Waals surface area contributed by atoms with E-state index in [9.17, 15) is 14.0 Å². The zero-order valence-electron chi connectivity index (χ0n) is 18.3. The number of hydrogen-bond donors (Lipinski definition) is 2. The molecule has 0 saturated heterocycles. The van der Waals surface area contributed by atoms with Gasteiger partial charge in [0.2, 0.25) is 0 Å². The maximum Gasteiger partial charge on any atom is 0.325 e. The van der Waals surface area contributed by atoms with Gasteiger partial charge in [0.05, 0.1) is 0 Å². The number of alkyl halides is 1. The average molecular weight is 423 g/mol. The van der Waals surface area contributed by atoms with Gasteiger partial charge in [-0.2, -0.15) is 0 Å². The van der Waals surface area contributed by atoms with Crippen LogP contribution in [0.3, 0.4) is 0 Å². The van der Waals surface area contributed by atoms with Crippen molar-refractivity contribution in [2.24, 2.45) is 0 Å². The summed E-state index contributed by atoms with van der Waals surface area (Å²) in [6, 6.07) is 17.7. The van der Waals surface area contributed by atoms with E-state index in [-0.39, 0.29) is 11.5 Å². The number of rotatable bonds is 5. The summed E-state index contributed by atoms with van der Waals surface area (Å²) < 4.78 is 13.0. The summed E-state index contributed by atoms with van der Waals surface area (Å²) in [6.45, 7) is 3.46. The summed E-state index contributed by atoms with van der Waals surface area (Å²) in [5.74, 6) is 0.676. The van der Waals surface area contributed by atoms with E-state index >= 15 is 0 Å². The summed E-state index contributed by atoms with van der Waals surface area (Å²) in [6.07, 6.45) is 4.29. The molecule has 1 saturated carbocycles. The first-order chi connectivity index (χ1) is 15.1. The topological polar surface area (TPSA) is 65.7 Å². The lowest BCUT2D eigenvalue weighted by Gasteiger charge is -2.29. The molecule has 1 aromatic heterocycles. The monoisotopic (exact) mass is 422 g/mol. The molecule has 1 fully saturated rings. The van der Waals surface area contributed by atoms with E-state index in [4.69, 9.17) is 0 Å². The van der Waals surface area contributed by atoms with Crippen LogP contribution in [0.15, 0.2) is 64.2 Å². The fourth-order valence-corrected chi connectivity index (χ4v) is 4.52. The highest BCUT2D eigenvalue weighted by molar-refractivity contribution is 5.32. The lowest BCUT2D eigenvalue weighted by atomic mass is 9.76. The highest BCUT2D eigenvalue weighted by Crippen LogP contribution is 2.40. The molecule has 0 radical (unpaired) electrons. The van der Waals surface area contributed by atoms with Crippen LogP contribution >= 0.6 is 0 Å². The summed E-state index contributed by atoms with van der Waals surface area (Å²) in [5, 5.41) is 0. The predicted octanol–water partition coefficient (Wildman–Crippen LogP) is 5.59. The van der Waals surface area contributed by atoms with Crippen LogP contribution in [0, 0.1) is 0 Å². The first-order valence-electron chi connectivity index (χ1n) is 11.2. The second-order valence-electron chi connectivity index (χ2n) is 7.89. The van der Waals surface area contributed by atoms with Crippen LogP contribution in [0.5, 0.6) is 0 Å². The molecule has 5 heteroatoms. The van der Waals surface area contributed by atoms with Crippen molar-refractivity contribution in [3.63, 3.8) is 0 Å². The van der Waals surface area contributed by atoms with Gasteiger partial charge in [-0.15, -0.1) is 0 Å². The Balaban J connectivity index is 0.00000132. The Bertz CT molecular complexity index is 1080. The third-order valence-electron chi connectivity index (χ3n) is 6.01. The van der Waals surface area contributed by atoms with Crippen LogP contribution in [0.2, 0.25) is 0 Å². The number of halogens is 1. The van der Waals surface area contributed by atoms with E-state index in [1.54, 1.807) is 18.2 Å². The van der Waals surface area contributed by atoms with E-state index in [1.807, 2.05) is 26.0 Å². The molecule has 0 spiro atoms. The number of hydrogen-bond acceptors (Lipinski definition) is 2. The third-order valence-corrected chi connectivity index (χ3v) is 6.01. The summed E-state index contributed by atoms with van der Waals surface area (Å²) in [5.41, 5.74) is 3.34. The van der Waals surface area contributed by atoms with E-state index in [2.05, 4.69) is 34.2 Å². The summed E-state index contributed by atoms with van der Waals surface area (Å²) >= 11 is 0. The summed E-state index contributed by atoms with van der Waals surface area (Å²) in [7, 11) is 0. The van der Waals surface area contributed by atoms with Gasteiger partial charge in [-0.3, -0.25) is 9.78 Å². The molecule has 0 atom stereocenters. The third kappa shape index (κ3) is 5.60. The van der Waals surface area contributed by atoms with Crippen molar-refractivity contribution in [1.29, 1.82) is 0 Å². The normalized spacial score (nSPS) is 18.2. The molecule has 0 aliphatic heterocycles. The van der Waals surface area contributed by atoms with Crippen molar-refractivity contribution in [2.75, 3.05) is 0 Å². The van der Waals surface area contributed by atoms with E-state index < -0.39 is 12.4 Å². The number of H-pyrrole nitrogens is 2. The van der Waals surface area contributed by atoms with Gasteiger partial charge in [-0.1, -0.05) is 68.4 Å². The van der Waals surface area contributed by atoms with Crippen LogP contribution in [0.4, 0.5) is 4.39 Å². The molecule has 1 aliphatic rings. The minimum Gasteiger partial charge on any atom is -0.311 e. The van der Waals surface area contributed by atoms with Gasteiger partial charge >= 0.3 is 5.69 Å². The Labute approximate surface area is 182 Å². The van der Waals surface area contributed by atoms with Gasteiger partial charge in [-0.05, 0) is 54.2 Å². The molecule has 1 aliphatic carbocycles. The molecule has 0 bridgehead atoms. The lowest BCUT2D eigenvalue weighted by molar-refractivity contribution is 0.388. The Kier molecular flexibility index (Phi) is 7.99. The van der Waals surface area contributed by atoms with Crippen molar-refractivity contribution >= 4 is 0 Å². The van der Waals surface area contributed by atoms with Crippen LogP contribution < -0.4 is 11.2 Å². The van der Waals surface area contributed by atoms with E-state index in [1.165, 1.54) is 5.56 Å². The number of aromatic amines is 2. The molecule has 2 N–H and O–H groups in total. The van der Waals surface area contributed by atoms with Crippen molar-refractivity contribution in [1.82, 2.24) is 9.97 Å². The molecule has 3 aromatic rings. The van der Waals surface area contributed by atoms with Gasteiger partial charge < -0.3 is 4.98 Å². The van der Waals surface area contributed by atoms with Gasteiger partial charge in [-0.25, -0.2) is 9.18 Å². The molecule has 4 nitrogen and oxygen atoms in total. The maximum atomic E-state index is 13.0. The molecule has 31 heavy (non-hydrogen) atoms. The van der Waals surface area contributed by atoms with Crippen molar-refractivity contribution in [3.8, 4) is 0 Å². The molecular formula is C26H31FN2O2. The SMILES string of the molecule is CC.O=c1[nH]c(C2CCC(c3ccccc3)CC2)c(Cc2cccc(CF)c2)c(=O)[nH]1. The fourth-order valence-electron chi connectivity index (χ4n) is 4.52. The fraction of sp³-hybridized carbons (Fsp3) is 0.385. The highest BCUT2D eigenvalue weighted by atomic mass is 19.1. The van der Waals surface area contributed by atoms with Crippen molar-refractivity contribution < 1.29 is 4.39 Å². The highest BCUT2D eigenvalue weighted by Gasteiger charge is 2.26. The molecule has 1 heterocycles. The molecule has 164 valence electrons. The standard InChI is InChI=1S/C24H25FN2O2.C2H6/c25-15-17-6-4-5-16(13-17)14-21-22(26-24(29)27-23(21)28)20-11-9-19(10-12-20)18-7-2-1-3-8-18;1-2/h1-8,13,19-20H,9-12,14-15H2,(H2,26,27,28,29);1-2H3. The Morgan fingerprint density at radius 3 is 2.16 bits per heavy atom. The zero-order chi connectivity index (χ0) is 22.2. The Morgan fingerprint density at radius 2 is 1.48 bits per heavy atom. The van der Waals surface area contributed by atoms with Gasteiger partial charge in [0.1, 0.15) is 6.67 Å². The average Bonchev–Trinajstić information content (AvgIpc) is 2.83. The van der Waals surface area contributed by atoms with E-state index in [0.29, 0.717) is 23.5 Å². The smallest absolute Gasteiger partial charge is 0.311 e. The number of nitrogens with one attached hydrogen (secondary N) is 2. The second-order valence-corrected chi connectivity index (χ2v) is 7.89. The number of aromatic nitrogens is 2. The van der Waals surface area contributed by atoms with Crippen LogP contribution in [0.25, 0.3) is 0 Å². The van der Waals surface area contributed by atoms with Gasteiger partial charge in [0, 0.05) is 17.7 Å². The van der Waals surface area contributed by atoms with Crippen molar-refractivity contribution in [2.45, 2.75) is 64.5 Å². The van der Waals surface area contributed by atoms with Gasteiger partial charge in [0.15, 0.2) is 0 Å². The Hall–Kier alpha value is -2.95. The van der Waals surface area contributed by atoms with Gasteiger partial charge in [0.25, 0.3) is 5.56 Å². The molecule has 0 amide bonds. The zero-order valence-corrected chi connectivity index (χ0v) is 18.3. The van der Waals surface area contributed by atoms with Crippen LogP contribution in [-0.4, -0.2) is 9.97 Å². The minimum atomic E-state index is -0.536. The largest absolute Gasteiger partial charge is 0.325 e. The second kappa shape index (κ2) is 10.9. The molecular weight excluding hydrogens is 391 g/mol. The maximum absolute atomic E-state index is 13.0. The van der Waals surface area contributed by atoms with Crippen molar-refractivity contribution in [3.05, 3.63) is 103 Å².